The number of amides is 1. The third-order valence-corrected chi connectivity index (χ3v) is 4.93. The number of pyridine rings is 1. The zero-order chi connectivity index (χ0) is 17.6. The smallest absolute Gasteiger partial charge is 0.263 e. The van der Waals surface area contributed by atoms with Crippen LogP contribution in [0.1, 0.15) is 44.2 Å². The molecule has 1 aromatic carbocycles. The van der Waals surface area contributed by atoms with Gasteiger partial charge in [0.1, 0.15) is 5.75 Å². The molecule has 2 heterocycles. The Bertz CT molecular complexity index is 708. The molecule has 0 spiro atoms. The summed E-state index contributed by atoms with van der Waals surface area (Å²) in [5, 5.41) is 0.517. The Morgan fingerprint density at radius 3 is 2.72 bits per heavy atom. The first-order valence-corrected chi connectivity index (χ1v) is 9.16. The highest BCUT2D eigenvalue weighted by atomic mass is 35.5. The fourth-order valence-electron chi connectivity index (χ4n) is 3.32. The predicted molar refractivity (Wildman–Crippen MR) is 98.7 cm³/mol. The number of nitrogens with zero attached hydrogens (tertiary/aromatic N) is 2. The van der Waals surface area contributed by atoms with Crippen LogP contribution in [0.4, 0.5) is 0 Å². The lowest BCUT2D eigenvalue weighted by Gasteiger charge is -2.32. The molecule has 1 aromatic heterocycles. The fourth-order valence-corrected chi connectivity index (χ4v) is 3.50. The molecule has 0 bridgehead atoms. The lowest BCUT2D eigenvalue weighted by atomic mass is 10.0. The van der Waals surface area contributed by atoms with Crippen LogP contribution in [0.15, 0.2) is 48.8 Å². The van der Waals surface area contributed by atoms with Crippen LogP contribution in [0.25, 0.3) is 0 Å². The molecule has 3 rings (SSSR count). The first-order chi connectivity index (χ1) is 12.2. The average Bonchev–Trinajstić information content (AvgIpc) is 2.89. The number of carbonyl (C=O) groups excluding carboxylic acids is 1. The van der Waals surface area contributed by atoms with Crippen LogP contribution in [-0.2, 0) is 4.79 Å². The molecule has 1 amide bonds. The van der Waals surface area contributed by atoms with E-state index < -0.39 is 6.10 Å². The number of likely N-dealkylation sites (tertiary alicyclic amines) is 1. The second-order valence-corrected chi connectivity index (χ2v) is 6.78. The van der Waals surface area contributed by atoms with E-state index in [0.717, 1.165) is 37.8 Å². The molecule has 4 nitrogen and oxygen atoms in total. The van der Waals surface area contributed by atoms with E-state index >= 15 is 0 Å². The van der Waals surface area contributed by atoms with Crippen LogP contribution >= 0.6 is 11.6 Å². The number of aromatic nitrogens is 1. The first kappa shape index (κ1) is 17.7. The summed E-state index contributed by atoms with van der Waals surface area (Å²) < 4.78 is 5.85. The average molecular weight is 359 g/mol. The van der Waals surface area contributed by atoms with Gasteiger partial charge in [0.05, 0.1) is 11.1 Å². The number of halogens is 1. The van der Waals surface area contributed by atoms with Gasteiger partial charge in [0.25, 0.3) is 5.91 Å². The van der Waals surface area contributed by atoms with Crippen molar-refractivity contribution in [3.05, 3.63) is 59.4 Å². The highest BCUT2D eigenvalue weighted by Gasteiger charge is 2.30. The maximum Gasteiger partial charge on any atom is 0.263 e. The van der Waals surface area contributed by atoms with Gasteiger partial charge in [-0.1, -0.05) is 36.6 Å². The Morgan fingerprint density at radius 2 is 1.96 bits per heavy atom. The maximum atomic E-state index is 13.1. The molecule has 25 heavy (non-hydrogen) atoms. The van der Waals surface area contributed by atoms with E-state index in [0.29, 0.717) is 10.8 Å². The fraction of sp³-hybridized carbons (Fsp3) is 0.400. The Hall–Kier alpha value is -2.07. The highest BCUT2D eigenvalue weighted by molar-refractivity contribution is 6.32. The van der Waals surface area contributed by atoms with Gasteiger partial charge in [0.15, 0.2) is 6.10 Å². The van der Waals surface area contributed by atoms with Gasteiger partial charge in [0, 0.05) is 18.9 Å². The molecule has 1 saturated heterocycles. The Balaban J connectivity index is 1.78. The van der Waals surface area contributed by atoms with Crippen molar-refractivity contribution in [2.75, 3.05) is 6.54 Å². The molecule has 5 heteroatoms. The van der Waals surface area contributed by atoms with Crippen LogP contribution in [0, 0.1) is 0 Å². The van der Waals surface area contributed by atoms with Crippen molar-refractivity contribution >= 4 is 17.5 Å². The normalized spacial score (nSPS) is 19.1. The zero-order valence-electron chi connectivity index (χ0n) is 14.4. The number of rotatable bonds is 4. The summed E-state index contributed by atoms with van der Waals surface area (Å²) in [6.07, 6.45) is 7.24. The number of para-hydroxylation sites is 1. The van der Waals surface area contributed by atoms with E-state index in [-0.39, 0.29) is 11.9 Å². The SMILES string of the molecule is CC(Oc1ccccc1Cl)C(=O)N1CCCCCC1c1ccncc1. The topological polar surface area (TPSA) is 42.4 Å². The van der Waals surface area contributed by atoms with Crippen molar-refractivity contribution in [2.45, 2.75) is 44.8 Å². The van der Waals surface area contributed by atoms with Crippen molar-refractivity contribution in [2.24, 2.45) is 0 Å². The first-order valence-electron chi connectivity index (χ1n) is 8.78. The molecule has 2 atom stereocenters. The van der Waals surface area contributed by atoms with Gasteiger partial charge in [0.2, 0.25) is 0 Å². The largest absolute Gasteiger partial charge is 0.479 e. The minimum Gasteiger partial charge on any atom is -0.479 e. The second-order valence-electron chi connectivity index (χ2n) is 6.37. The quantitative estimate of drug-likeness (QED) is 0.799. The van der Waals surface area contributed by atoms with Crippen LogP contribution in [0.3, 0.4) is 0 Å². The molecule has 2 unspecified atom stereocenters. The lowest BCUT2D eigenvalue weighted by molar-refractivity contribution is -0.140. The molecule has 0 N–H and O–H groups in total. The van der Waals surface area contributed by atoms with Crippen molar-refractivity contribution in [1.82, 2.24) is 9.88 Å². The molecule has 0 radical (unpaired) electrons. The molecule has 0 aliphatic carbocycles. The minimum absolute atomic E-state index is 0.00336. The molecule has 1 aliphatic rings. The van der Waals surface area contributed by atoms with Gasteiger partial charge in [-0.3, -0.25) is 9.78 Å². The van der Waals surface area contributed by atoms with Crippen molar-refractivity contribution in [1.29, 1.82) is 0 Å². The standard InChI is InChI=1S/C20H23ClN2O2/c1-15(25-19-9-5-4-7-17(19)21)20(24)23-14-6-2-3-8-18(23)16-10-12-22-13-11-16/h4-5,7,9-13,15,18H,2-3,6,8,14H2,1H3. The molecular formula is C20H23ClN2O2. The summed E-state index contributed by atoms with van der Waals surface area (Å²) >= 11 is 6.15. The van der Waals surface area contributed by atoms with Gasteiger partial charge >= 0.3 is 0 Å². The molecular weight excluding hydrogens is 336 g/mol. The summed E-state index contributed by atoms with van der Waals surface area (Å²) in [5.41, 5.74) is 1.13. The highest BCUT2D eigenvalue weighted by Crippen LogP contribution is 2.31. The lowest BCUT2D eigenvalue weighted by Crippen LogP contribution is -2.42. The monoisotopic (exact) mass is 358 g/mol. The van der Waals surface area contributed by atoms with E-state index in [9.17, 15) is 4.79 Å². The predicted octanol–water partition coefficient (Wildman–Crippen LogP) is 4.65. The maximum absolute atomic E-state index is 13.1. The Kier molecular flexibility index (Phi) is 5.92. The minimum atomic E-state index is -0.581. The van der Waals surface area contributed by atoms with Gasteiger partial charge in [-0.2, -0.15) is 0 Å². The Labute approximate surface area is 153 Å². The van der Waals surface area contributed by atoms with Gasteiger partial charge in [-0.15, -0.1) is 0 Å². The summed E-state index contributed by atoms with van der Waals surface area (Å²) in [5.74, 6) is 0.545. The molecule has 2 aromatic rings. The second kappa shape index (κ2) is 8.34. The molecule has 1 fully saturated rings. The molecule has 1 aliphatic heterocycles. The summed E-state index contributed by atoms with van der Waals surface area (Å²) in [6, 6.07) is 11.3. The van der Waals surface area contributed by atoms with Crippen LogP contribution in [0.2, 0.25) is 5.02 Å². The van der Waals surface area contributed by atoms with E-state index in [1.807, 2.05) is 29.2 Å². The van der Waals surface area contributed by atoms with E-state index in [1.54, 1.807) is 31.5 Å². The van der Waals surface area contributed by atoms with E-state index in [4.69, 9.17) is 16.3 Å². The van der Waals surface area contributed by atoms with Crippen LogP contribution in [-0.4, -0.2) is 28.4 Å². The van der Waals surface area contributed by atoms with E-state index in [1.165, 1.54) is 0 Å². The van der Waals surface area contributed by atoms with Crippen molar-refractivity contribution < 1.29 is 9.53 Å². The van der Waals surface area contributed by atoms with E-state index in [2.05, 4.69) is 4.98 Å². The van der Waals surface area contributed by atoms with Gasteiger partial charge in [-0.05, 0) is 49.6 Å². The Morgan fingerprint density at radius 1 is 1.20 bits per heavy atom. The number of benzene rings is 1. The summed E-state index contributed by atoms with van der Waals surface area (Å²) in [6.45, 7) is 2.54. The third-order valence-electron chi connectivity index (χ3n) is 4.61. The number of hydrogen-bond donors (Lipinski definition) is 0. The summed E-state index contributed by atoms with van der Waals surface area (Å²) in [4.78, 5) is 19.1. The molecule has 132 valence electrons. The van der Waals surface area contributed by atoms with Gasteiger partial charge < -0.3 is 9.64 Å². The van der Waals surface area contributed by atoms with Crippen LogP contribution in [0.5, 0.6) is 5.75 Å². The number of hydrogen-bond acceptors (Lipinski definition) is 3. The number of ether oxygens (including phenoxy) is 1. The number of carbonyl (C=O) groups is 1. The van der Waals surface area contributed by atoms with Crippen molar-refractivity contribution in [3.8, 4) is 5.75 Å². The zero-order valence-corrected chi connectivity index (χ0v) is 15.2. The van der Waals surface area contributed by atoms with Gasteiger partial charge in [-0.25, -0.2) is 0 Å². The summed E-state index contributed by atoms with van der Waals surface area (Å²) in [7, 11) is 0. The molecule has 0 saturated carbocycles. The third kappa shape index (κ3) is 4.31. The van der Waals surface area contributed by atoms with Crippen molar-refractivity contribution in [3.63, 3.8) is 0 Å². The van der Waals surface area contributed by atoms with Crippen LogP contribution < -0.4 is 4.74 Å².